The van der Waals surface area contributed by atoms with Gasteiger partial charge in [-0.25, -0.2) is 9.18 Å². The average Bonchev–Trinajstić information content (AvgIpc) is 3.52. The molecule has 0 bridgehead atoms. The molecule has 0 radical (unpaired) electrons. The number of benzene rings is 3. The lowest BCUT2D eigenvalue weighted by Crippen LogP contribution is -2.23. The van der Waals surface area contributed by atoms with E-state index in [0.29, 0.717) is 49.8 Å². The predicted octanol–water partition coefficient (Wildman–Crippen LogP) is 7.56. The Balaban J connectivity index is 1.15. The molecule has 2 aromatic heterocycles. The van der Waals surface area contributed by atoms with Crippen LogP contribution in [0, 0.1) is 5.82 Å². The molecule has 0 spiro atoms. The van der Waals surface area contributed by atoms with Gasteiger partial charge in [0.2, 0.25) is 0 Å². The molecule has 49 heavy (non-hydrogen) atoms. The van der Waals surface area contributed by atoms with Gasteiger partial charge in [-0.1, -0.05) is 36.4 Å². The van der Waals surface area contributed by atoms with Crippen molar-refractivity contribution in [1.29, 1.82) is 0 Å². The summed E-state index contributed by atoms with van der Waals surface area (Å²) in [5, 5.41) is 9.27. The van der Waals surface area contributed by atoms with Gasteiger partial charge in [-0.3, -0.25) is 4.98 Å². The van der Waals surface area contributed by atoms with Gasteiger partial charge in [0, 0.05) is 54.4 Å². The number of halogens is 1. The van der Waals surface area contributed by atoms with Crippen molar-refractivity contribution in [3.63, 3.8) is 0 Å². The minimum atomic E-state index is -2.62. The second kappa shape index (κ2) is 17.5. The second-order valence-corrected chi connectivity index (χ2v) is 15.7. The molecule has 3 N–H and O–H groups in total. The van der Waals surface area contributed by atoms with Crippen molar-refractivity contribution >= 4 is 51.4 Å². The van der Waals surface area contributed by atoms with E-state index in [1.807, 2.05) is 6.07 Å². The van der Waals surface area contributed by atoms with Crippen molar-refractivity contribution in [2.24, 2.45) is 0 Å². The SMILES string of the molecule is COCCOCCOCCNCc1ccc(-c2cc3nccc(Oc4ccc(NC(=O)Nc5ccccc5P(C)(C)=O)cc4F)c3s2)cc1. The number of para-hydroxylation sites is 1. The molecular weight excluding hydrogens is 666 g/mol. The van der Waals surface area contributed by atoms with Gasteiger partial charge >= 0.3 is 6.03 Å². The Labute approximate surface area is 289 Å². The third-order valence-electron chi connectivity index (χ3n) is 7.31. The Morgan fingerprint density at radius 1 is 0.878 bits per heavy atom. The maximum Gasteiger partial charge on any atom is 0.323 e. The number of thiophene rings is 1. The van der Waals surface area contributed by atoms with Gasteiger partial charge in [-0.05, 0) is 54.8 Å². The number of methoxy groups -OCH3 is 1. The van der Waals surface area contributed by atoms with Crippen LogP contribution in [0.3, 0.4) is 0 Å². The van der Waals surface area contributed by atoms with Crippen LogP contribution in [-0.4, -0.2) is 71.0 Å². The quantitative estimate of drug-likeness (QED) is 0.0670. The van der Waals surface area contributed by atoms with Crippen molar-refractivity contribution in [1.82, 2.24) is 10.3 Å². The predicted molar refractivity (Wildman–Crippen MR) is 195 cm³/mol. The number of nitrogens with one attached hydrogen (secondary N) is 3. The number of carbonyl (C=O) groups is 1. The van der Waals surface area contributed by atoms with Crippen LogP contribution < -0.4 is 26.0 Å². The molecule has 10 nitrogen and oxygen atoms in total. The molecule has 0 aliphatic heterocycles. The molecule has 5 rings (SSSR count). The maximum absolute atomic E-state index is 15.2. The van der Waals surface area contributed by atoms with Crippen LogP contribution in [0.2, 0.25) is 0 Å². The summed E-state index contributed by atoms with van der Waals surface area (Å²) in [4.78, 5) is 18.2. The van der Waals surface area contributed by atoms with E-state index in [1.165, 1.54) is 23.5 Å². The van der Waals surface area contributed by atoms with Crippen LogP contribution in [-0.2, 0) is 25.3 Å². The van der Waals surface area contributed by atoms with Gasteiger partial charge in [0.1, 0.15) is 12.9 Å². The molecular formula is C36H40FN4O6PS. The van der Waals surface area contributed by atoms with Crippen molar-refractivity contribution < 1.29 is 32.7 Å². The van der Waals surface area contributed by atoms with Gasteiger partial charge in [-0.2, -0.15) is 0 Å². The molecule has 5 aromatic rings. The Kier molecular flexibility index (Phi) is 12.9. The van der Waals surface area contributed by atoms with Crippen molar-refractivity contribution in [2.45, 2.75) is 6.54 Å². The third kappa shape index (κ3) is 10.4. The first-order chi connectivity index (χ1) is 23.7. The molecule has 0 saturated carbocycles. The molecule has 0 aliphatic carbocycles. The van der Waals surface area contributed by atoms with Gasteiger partial charge in [0.05, 0.1) is 48.9 Å². The summed E-state index contributed by atoms with van der Waals surface area (Å²) >= 11 is 1.51. The smallest absolute Gasteiger partial charge is 0.323 e. The number of hydrogen-bond donors (Lipinski definition) is 3. The van der Waals surface area contributed by atoms with Crippen LogP contribution in [0.4, 0.5) is 20.6 Å². The number of carbonyl (C=O) groups excluding carboxylic acids is 1. The molecule has 2 heterocycles. The zero-order chi connectivity index (χ0) is 34.6. The summed E-state index contributed by atoms with van der Waals surface area (Å²) in [6.07, 6.45) is 1.63. The Morgan fingerprint density at radius 2 is 1.63 bits per heavy atom. The number of pyridine rings is 1. The highest BCUT2D eigenvalue weighted by molar-refractivity contribution is 7.70. The lowest BCUT2D eigenvalue weighted by Gasteiger charge is -2.15. The van der Waals surface area contributed by atoms with E-state index < -0.39 is 19.0 Å². The molecule has 13 heteroatoms. The molecule has 0 aliphatic rings. The average molecular weight is 707 g/mol. The van der Waals surface area contributed by atoms with E-state index >= 15 is 4.39 Å². The minimum absolute atomic E-state index is 0.00863. The summed E-state index contributed by atoms with van der Waals surface area (Å²) in [5.41, 5.74) is 3.61. The molecule has 0 unspecified atom stereocenters. The second-order valence-electron chi connectivity index (χ2n) is 11.4. The third-order valence-corrected chi connectivity index (χ3v) is 10.1. The fourth-order valence-electron chi connectivity index (χ4n) is 4.88. The van der Waals surface area contributed by atoms with E-state index in [0.717, 1.165) is 39.3 Å². The summed E-state index contributed by atoms with van der Waals surface area (Å²) in [7, 11) is -0.977. The molecule has 0 atom stereocenters. The van der Waals surface area contributed by atoms with Gasteiger partial charge in [0.15, 0.2) is 11.6 Å². The Bertz CT molecular complexity index is 1900. The van der Waals surface area contributed by atoms with E-state index in [4.69, 9.17) is 18.9 Å². The lowest BCUT2D eigenvalue weighted by atomic mass is 10.1. The number of aromatic nitrogens is 1. The first kappa shape index (κ1) is 36.1. The number of rotatable bonds is 17. The normalized spacial score (nSPS) is 11.5. The fourth-order valence-corrected chi connectivity index (χ4v) is 7.11. The molecule has 3 aromatic carbocycles. The lowest BCUT2D eigenvalue weighted by molar-refractivity contribution is 0.0255. The summed E-state index contributed by atoms with van der Waals surface area (Å²) in [6, 6.07) is 22.5. The highest BCUT2D eigenvalue weighted by Crippen LogP contribution is 2.40. The Morgan fingerprint density at radius 3 is 2.39 bits per heavy atom. The van der Waals surface area contributed by atoms with Crippen molar-refractivity contribution in [3.05, 3.63) is 96.4 Å². The summed E-state index contributed by atoms with van der Waals surface area (Å²) < 4.78 is 50.5. The minimum Gasteiger partial charge on any atom is -0.453 e. The first-order valence-electron chi connectivity index (χ1n) is 15.7. The van der Waals surface area contributed by atoms with E-state index in [1.54, 1.807) is 63.0 Å². The fraction of sp³-hybridized carbons (Fsp3) is 0.278. The van der Waals surface area contributed by atoms with Crippen LogP contribution in [0.25, 0.3) is 20.7 Å². The van der Waals surface area contributed by atoms with E-state index in [2.05, 4.69) is 45.2 Å². The topological polar surface area (TPSA) is 120 Å². The summed E-state index contributed by atoms with van der Waals surface area (Å²) in [6.45, 7) is 7.58. The number of hydrogen-bond acceptors (Lipinski definition) is 9. The Hall–Kier alpha value is -4.16. The van der Waals surface area contributed by atoms with Gasteiger partial charge in [0.25, 0.3) is 0 Å². The van der Waals surface area contributed by atoms with Crippen molar-refractivity contribution in [2.75, 3.05) is 70.7 Å². The zero-order valence-electron chi connectivity index (χ0n) is 27.7. The molecule has 258 valence electrons. The molecule has 0 saturated heterocycles. The standard InChI is InChI=1S/C36H40FN4O6PS/c1-44-18-19-46-21-20-45-17-16-38-24-25-8-10-26(11-9-25)34-23-30-35(49-34)32(14-15-39-30)47-31-13-12-27(22-28(31)37)40-36(42)41-29-6-4-5-7-33(29)48(2,3)43/h4-15,22-23,38H,16-21,24H2,1-3H3,(H2,40,41,42). The number of amides is 2. The van der Waals surface area contributed by atoms with E-state index in [9.17, 15) is 9.36 Å². The van der Waals surface area contributed by atoms with Crippen LogP contribution in [0.1, 0.15) is 5.56 Å². The number of fused-ring (bicyclic) bond motifs is 1. The van der Waals surface area contributed by atoms with E-state index in [-0.39, 0.29) is 11.4 Å². The largest absolute Gasteiger partial charge is 0.453 e. The van der Waals surface area contributed by atoms with Gasteiger partial charge in [-0.15, -0.1) is 11.3 Å². The molecule has 2 amide bonds. The monoisotopic (exact) mass is 706 g/mol. The van der Waals surface area contributed by atoms with Crippen LogP contribution in [0.5, 0.6) is 11.5 Å². The van der Waals surface area contributed by atoms with Gasteiger partial charge < -0.3 is 39.5 Å². The van der Waals surface area contributed by atoms with Crippen LogP contribution in [0.15, 0.2) is 85.1 Å². The molecule has 0 fully saturated rings. The maximum atomic E-state index is 15.2. The number of urea groups is 1. The number of anilines is 2. The number of nitrogens with zero attached hydrogens (tertiary/aromatic N) is 1. The zero-order valence-corrected chi connectivity index (χ0v) is 29.4. The van der Waals surface area contributed by atoms with Crippen molar-refractivity contribution in [3.8, 4) is 21.9 Å². The highest BCUT2D eigenvalue weighted by atomic mass is 32.1. The number of ether oxygens (including phenoxy) is 4. The first-order valence-corrected chi connectivity index (χ1v) is 19.2. The van der Waals surface area contributed by atoms with Crippen LogP contribution >= 0.6 is 18.5 Å². The summed E-state index contributed by atoms with van der Waals surface area (Å²) in [5.74, 6) is -0.160. The highest BCUT2D eigenvalue weighted by Gasteiger charge is 2.18.